The summed E-state index contributed by atoms with van der Waals surface area (Å²) in [6.07, 6.45) is -12.4. The van der Waals surface area contributed by atoms with E-state index in [-0.39, 0.29) is 0 Å². The molecule has 0 heterocycles. The smallest absolute Gasteiger partial charge is 0.430 e. The van der Waals surface area contributed by atoms with Gasteiger partial charge in [0.25, 0.3) is 12.6 Å². The van der Waals surface area contributed by atoms with Gasteiger partial charge in [-0.25, -0.2) is 18.0 Å². The highest BCUT2D eigenvalue weighted by molar-refractivity contribution is 5.75. The van der Waals surface area contributed by atoms with Gasteiger partial charge in [0, 0.05) is 0 Å². The first-order valence-corrected chi connectivity index (χ1v) is 2.90. The number of carbonyl (C=O) groups excluding carboxylic acids is 1. The van der Waals surface area contributed by atoms with E-state index in [4.69, 9.17) is 0 Å². The number of ether oxygens (including phenoxy) is 1. The van der Waals surface area contributed by atoms with Gasteiger partial charge in [-0.2, -0.15) is 13.2 Å². The topological polar surface area (TPSA) is 26.3 Å². The lowest BCUT2D eigenvalue weighted by atomic mass is 10.4. The second kappa shape index (κ2) is 4.33. The number of esters is 1. The molecule has 0 fully saturated rings. The van der Waals surface area contributed by atoms with Crippen LogP contribution in [-0.2, 0) is 9.53 Å². The van der Waals surface area contributed by atoms with Gasteiger partial charge in [-0.1, -0.05) is 0 Å². The molecule has 1 unspecified atom stereocenters. The van der Waals surface area contributed by atoms with Crippen LogP contribution in [0.5, 0.6) is 0 Å². The molecule has 8 heteroatoms. The van der Waals surface area contributed by atoms with Crippen LogP contribution in [0, 0.1) is 0 Å². The molecule has 0 amide bonds. The van der Waals surface area contributed by atoms with Gasteiger partial charge in [-0.15, -0.1) is 0 Å². The van der Waals surface area contributed by atoms with Crippen molar-refractivity contribution in [1.29, 1.82) is 0 Å². The predicted molar refractivity (Wildman–Crippen MR) is 27.9 cm³/mol. The van der Waals surface area contributed by atoms with E-state index in [0.717, 1.165) is 0 Å². The average Bonchev–Trinajstić information content (AvgIpc) is 1.96. The molecular weight excluding hydrogens is 206 g/mol. The Labute approximate surface area is 68.5 Å². The van der Waals surface area contributed by atoms with Gasteiger partial charge >= 0.3 is 12.1 Å². The summed E-state index contributed by atoms with van der Waals surface area (Å²) in [5, 5.41) is 0. The first-order valence-electron chi connectivity index (χ1n) is 2.90. The molecule has 0 aromatic rings. The van der Waals surface area contributed by atoms with Crippen LogP contribution < -0.4 is 0 Å². The predicted octanol–water partition coefficient (Wildman–Crippen LogP) is 1.70. The molecular formula is C5H4F6O2. The molecule has 0 saturated carbocycles. The fourth-order valence-electron chi connectivity index (χ4n) is 0.352. The van der Waals surface area contributed by atoms with Crippen molar-refractivity contribution in [2.75, 3.05) is 6.61 Å². The molecule has 0 N–H and O–H groups in total. The van der Waals surface area contributed by atoms with E-state index in [1.807, 2.05) is 0 Å². The molecule has 0 rings (SSSR count). The van der Waals surface area contributed by atoms with Gasteiger partial charge in [0.15, 0.2) is 6.61 Å². The number of alkyl halides is 6. The zero-order chi connectivity index (χ0) is 10.6. The van der Waals surface area contributed by atoms with Gasteiger partial charge in [-0.05, 0) is 0 Å². The van der Waals surface area contributed by atoms with Crippen LogP contribution in [0.3, 0.4) is 0 Å². The second-order valence-corrected chi connectivity index (χ2v) is 1.93. The van der Waals surface area contributed by atoms with Crippen molar-refractivity contribution in [3.63, 3.8) is 0 Å². The quantitative estimate of drug-likeness (QED) is 0.523. The van der Waals surface area contributed by atoms with Crippen molar-refractivity contribution >= 4 is 5.97 Å². The first kappa shape index (κ1) is 12.0. The Balaban J connectivity index is 3.98. The maximum atomic E-state index is 11.9. The molecule has 0 aliphatic rings. The number of rotatable bonds is 3. The monoisotopic (exact) mass is 210 g/mol. The van der Waals surface area contributed by atoms with Gasteiger partial charge in [0.1, 0.15) is 0 Å². The van der Waals surface area contributed by atoms with E-state index in [2.05, 4.69) is 4.74 Å². The fraction of sp³-hybridized carbons (Fsp3) is 0.800. The molecule has 2 nitrogen and oxygen atoms in total. The Kier molecular flexibility index (Phi) is 4.02. The number of halogens is 6. The molecule has 13 heavy (non-hydrogen) atoms. The zero-order valence-corrected chi connectivity index (χ0v) is 5.95. The Hall–Kier alpha value is -0.950. The summed E-state index contributed by atoms with van der Waals surface area (Å²) in [7, 11) is 0. The molecule has 0 aliphatic carbocycles. The van der Waals surface area contributed by atoms with Crippen molar-refractivity contribution < 1.29 is 35.9 Å². The maximum absolute atomic E-state index is 11.9. The fourth-order valence-corrected chi connectivity index (χ4v) is 0.352. The SMILES string of the molecule is O=C(OCC(F)F)C(F)C(F)(F)F. The zero-order valence-electron chi connectivity index (χ0n) is 5.95. The van der Waals surface area contributed by atoms with E-state index in [1.165, 1.54) is 0 Å². The van der Waals surface area contributed by atoms with Crippen molar-refractivity contribution in [2.45, 2.75) is 18.8 Å². The second-order valence-electron chi connectivity index (χ2n) is 1.93. The Bertz CT molecular complexity index is 176. The molecule has 78 valence electrons. The molecule has 0 aromatic carbocycles. The van der Waals surface area contributed by atoms with Crippen LogP contribution in [0.2, 0.25) is 0 Å². The minimum absolute atomic E-state index is 1.55. The summed E-state index contributed by atoms with van der Waals surface area (Å²) in [5.41, 5.74) is 0. The summed E-state index contributed by atoms with van der Waals surface area (Å²) in [5.74, 6) is -2.35. The lowest BCUT2D eigenvalue weighted by Crippen LogP contribution is -2.34. The summed E-state index contributed by atoms with van der Waals surface area (Å²) >= 11 is 0. The molecule has 1 atom stereocenters. The largest absolute Gasteiger partial charge is 0.457 e. The van der Waals surface area contributed by atoms with Crippen LogP contribution in [0.1, 0.15) is 0 Å². The Morgan fingerprint density at radius 3 is 2.00 bits per heavy atom. The third kappa shape index (κ3) is 4.58. The van der Waals surface area contributed by atoms with Gasteiger partial charge in [-0.3, -0.25) is 0 Å². The maximum Gasteiger partial charge on any atom is 0.430 e. The van der Waals surface area contributed by atoms with Gasteiger partial charge < -0.3 is 4.74 Å². The van der Waals surface area contributed by atoms with Crippen LogP contribution >= 0.6 is 0 Å². The van der Waals surface area contributed by atoms with E-state index in [9.17, 15) is 31.1 Å². The van der Waals surface area contributed by atoms with Crippen LogP contribution in [0.15, 0.2) is 0 Å². The van der Waals surface area contributed by atoms with Crippen LogP contribution in [0.25, 0.3) is 0 Å². The Morgan fingerprint density at radius 2 is 1.69 bits per heavy atom. The molecule has 0 bridgehead atoms. The van der Waals surface area contributed by atoms with Crippen LogP contribution in [-0.4, -0.2) is 31.3 Å². The molecule has 0 aromatic heterocycles. The first-order chi connectivity index (χ1) is 5.75. The van der Waals surface area contributed by atoms with Crippen molar-refractivity contribution in [3.05, 3.63) is 0 Å². The van der Waals surface area contributed by atoms with E-state index in [1.54, 1.807) is 0 Å². The van der Waals surface area contributed by atoms with Crippen LogP contribution in [0.4, 0.5) is 26.3 Å². The third-order valence-electron chi connectivity index (χ3n) is 0.846. The minimum atomic E-state index is -5.42. The van der Waals surface area contributed by atoms with E-state index in [0.29, 0.717) is 0 Å². The summed E-state index contributed by atoms with van der Waals surface area (Å²) < 4.78 is 71.8. The van der Waals surface area contributed by atoms with Gasteiger partial charge in [0.2, 0.25) is 0 Å². The molecule has 0 spiro atoms. The highest BCUT2D eigenvalue weighted by atomic mass is 19.4. The third-order valence-corrected chi connectivity index (χ3v) is 0.846. The average molecular weight is 210 g/mol. The summed E-state index contributed by atoms with van der Waals surface area (Å²) in [4.78, 5) is 10.0. The molecule has 0 saturated heterocycles. The van der Waals surface area contributed by atoms with Crippen molar-refractivity contribution in [2.24, 2.45) is 0 Å². The molecule has 0 radical (unpaired) electrons. The Morgan fingerprint density at radius 1 is 1.23 bits per heavy atom. The summed E-state index contributed by atoms with van der Waals surface area (Å²) in [6, 6.07) is 0. The van der Waals surface area contributed by atoms with Crippen molar-refractivity contribution in [1.82, 2.24) is 0 Å². The molecule has 0 aliphatic heterocycles. The highest BCUT2D eigenvalue weighted by Gasteiger charge is 2.46. The van der Waals surface area contributed by atoms with Gasteiger partial charge in [0.05, 0.1) is 0 Å². The summed E-state index contributed by atoms with van der Waals surface area (Å²) in [6.45, 7) is -1.55. The lowest BCUT2D eigenvalue weighted by Gasteiger charge is -2.10. The van der Waals surface area contributed by atoms with E-state index < -0.39 is 31.3 Å². The van der Waals surface area contributed by atoms with E-state index >= 15 is 0 Å². The number of hydrogen-bond donors (Lipinski definition) is 0. The van der Waals surface area contributed by atoms with Crippen molar-refractivity contribution in [3.8, 4) is 0 Å². The number of carbonyl (C=O) groups is 1. The normalized spacial score (nSPS) is 14.4. The standard InChI is InChI=1S/C5H4F6O2/c6-2(7)1-13-4(12)3(8)5(9,10)11/h2-3H,1H2. The highest BCUT2D eigenvalue weighted by Crippen LogP contribution is 2.23. The number of hydrogen-bond acceptors (Lipinski definition) is 2. The lowest BCUT2D eigenvalue weighted by molar-refractivity contribution is -0.203. The minimum Gasteiger partial charge on any atom is -0.457 e.